The van der Waals surface area contributed by atoms with Crippen LogP contribution in [0.3, 0.4) is 0 Å². The van der Waals surface area contributed by atoms with Crippen LogP contribution in [-0.2, 0) is 0 Å². The summed E-state index contributed by atoms with van der Waals surface area (Å²) in [7, 11) is 0. The Morgan fingerprint density at radius 3 is 2.65 bits per heavy atom. The van der Waals surface area contributed by atoms with Crippen LogP contribution in [0.1, 0.15) is 38.4 Å². The third-order valence-corrected chi connectivity index (χ3v) is 2.75. The molecule has 17 heavy (non-hydrogen) atoms. The molecular formula is C13H23N3O. The lowest BCUT2D eigenvalue weighted by Crippen LogP contribution is -2.27. The number of pyridine rings is 1. The summed E-state index contributed by atoms with van der Waals surface area (Å²) in [5.41, 5.74) is 7.71. The van der Waals surface area contributed by atoms with Crippen molar-refractivity contribution < 1.29 is 5.11 Å². The second kappa shape index (κ2) is 7.25. The average Bonchev–Trinajstić information content (AvgIpc) is 2.34. The van der Waals surface area contributed by atoms with Crippen LogP contribution >= 0.6 is 0 Å². The van der Waals surface area contributed by atoms with Gasteiger partial charge in [0.2, 0.25) is 0 Å². The number of hydrogen-bond acceptors (Lipinski definition) is 4. The van der Waals surface area contributed by atoms with Crippen LogP contribution in [0.25, 0.3) is 0 Å². The molecule has 0 aromatic carbocycles. The standard InChI is InChI=1S/C13H23N3O/c1-3-4-7-16(8-9-17)12-5-6-13(11(2)14)15-10-12/h5-6,10-11,17H,3-4,7-9,14H2,1-2H3/t11-/m0/s1. The summed E-state index contributed by atoms with van der Waals surface area (Å²) >= 11 is 0. The summed E-state index contributed by atoms with van der Waals surface area (Å²) < 4.78 is 0. The Balaban J connectivity index is 2.72. The van der Waals surface area contributed by atoms with Crippen molar-refractivity contribution >= 4 is 5.69 Å². The number of aliphatic hydroxyl groups excluding tert-OH is 1. The maximum Gasteiger partial charge on any atom is 0.0606 e. The summed E-state index contributed by atoms with van der Waals surface area (Å²) in [6, 6.07) is 3.94. The van der Waals surface area contributed by atoms with Crippen molar-refractivity contribution in [3.63, 3.8) is 0 Å². The van der Waals surface area contributed by atoms with Gasteiger partial charge in [0.25, 0.3) is 0 Å². The number of anilines is 1. The smallest absolute Gasteiger partial charge is 0.0606 e. The first-order valence-electron chi connectivity index (χ1n) is 6.26. The molecule has 0 fully saturated rings. The largest absolute Gasteiger partial charge is 0.395 e. The SMILES string of the molecule is CCCCN(CCO)c1ccc([C@H](C)N)nc1. The molecule has 1 aromatic rings. The van der Waals surface area contributed by atoms with Gasteiger partial charge in [-0.3, -0.25) is 4.98 Å². The van der Waals surface area contributed by atoms with E-state index in [0.717, 1.165) is 30.8 Å². The van der Waals surface area contributed by atoms with Crippen molar-refractivity contribution in [3.05, 3.63) is 24.0 Å². The number of hydrogen-bond donors (Lipinski definition) is 2. The quantitative estimate of drug-likeness (QED) is 0.757. The van der Waals surface area contributed by atoms with Gasteiger partial charge in [-0.25, -0.2) is 0 Å². The lowest BCUT2D eigenvalue weighted by atomic mass is 10.2. The Bertz CT molecular complexity index is 311. The van der Waals surface area contributed by atoms with Gasteiger partial charge in [0.05, 0.1) is 24.2 Å². The zero-order valence-corrected chi connectivity index (χ0v) is 10.8. The van der Waals surface area contributed by atoms with Gasteiger partial charge in [0.15, 0.2) is 0 Å². The third-order valence-electron chi connectivity index (χ3n) is 2.75. The molecule has 0 aliphatic rings. The predicted octanol–water partition coefficient (Wildman–Crippen LogP) is 1.70. The summed E-state index contributed by atoms with van der Waals surface area (Å²) in [5, 5.41) is 9.06. The lowest BCUT2D eigenvalue weighted by molar-refractivity contribution is 0.301. The van der Waals surface area contributed by atoms with Gasteiger partial charge in [-0.2, -0.15) is 0 Å². The van der Waals surface area contributed by atoms with Crippen LogP contribution < -0.4 is 10.6 Å². The molecule has 0 aliphatic heterocycles. The first-order chi connectivity index (χ1) is 8.19. The Labute approximate surface area is 103 Å². The zero-order chi connectivity index (χ0) is 12.7. The highest BCUT2D eigenvalue weighted by atomic mass is 16.3. The Hall–Kier alpha value is -1.13. The van der Waals surface area contributed by atoms with Gasteiger partial charge in [-0.15, -0.1) is 0 Å². The summed E-state index contributed by atoms with van der Waals surface area (Å²) in [6.45, 7) is 5.85. The number of nitrogens with zero attached hydrogens (tertiary/aromatic N) is 2. The molecule has 0 bridgehead atoms. The Kier molecular flexibility index (Phi) is 5.94. The number of aliphatic hydroxyl groups is 1. The normalized spacial score (nSPS) is 12.5. The van der Waals surface area contributed by atoms with Crippen molar-refractivity contribution in [2.75, 3.05) is 24.6 Å². The van der Waals surface area contributed by atoms with Gasteiger partial charge in [-0.1, -0.05) is 13.3 Å². The summed E-state index contributed by atoms with van der Waals surface area (Å²) in [4.78, 5) is 6.50. The molecule has 4 nitrogen and oxygen atoms in total. The molecule has 0 amide bonds. The molecule has 0 radical (unpaired) electrons. The minimum Gasteiger partial charge on any atom is -0.395 e. The molecule has 4 heteroatoms. The van der Waals surface area contributed by atoms with Crippen LogP contribution in [0, 0.1) is 0 Å². The molecule has 0 spiro atoms. The van der Waals surface area contributed by atoms with Crippen LogP contribution in [0.5, 0.6) is 0 Å². The first-order valence-corrected chi connectivity index (χ1v) is 6.26. The van der Waals surface area contributed by atoms with Gasteiger partial charge >= 0.3 is 0 Å². The maximum atomic E-state index is 9.06. The second-order valence-corrected chi connectivity index (χ2v) is 4.29. The van der Waals surface area contributed by atoms with Crippen molar-refractivity contribution in [2.24, 2.45) is 5.73 Å². The molecule has 96 valence electrons. The van der Waals surface area contributed by atoms with E-state index < -0.39 is 0 Å². The molecule has 0 unspecified atom stereocenters. The minimum atomic E-state index is -0.0361. The second-order valence-electron chi connectivity index (χ2n) is 4.29. The number of nitrogens with two attached hydrogens (primary N) is 1. The molecule has 0 saturated heterocycles. The Morgan fingerprint density at radius 1 is 1.41 bits per heavy atom. The van der Waals surface area contributed by atoms with E-state index >= 15 is 0 Å². The fraction of sp³-hybridized carbons (Fsp3) is 0.615. The van der Waals surface area contributed by atoms with E-state index in [0.29, 0.717) is 6.54 Å². The van der Waals surface area contributed by atoms with Crippen molar-refractivity contribution in [1.29, 1.82) is 0 Å². The topological polar surface area (TPSA) is 62.4 Å². The highest BCUT2D eigenvalue weighted by molar-refractivity contribution is 5.44. The monoisotopic (exact) mass is 237 g/mol. The maximum absolute atomic E-state index is 9.06. The average molecular weight is 237 g/mol. The van der Waals surface area contributed by atoms with Crippen LogP contribution in [0.15, 0.2) is 18.3 Å². The van der Waals surface area contributed by atoms with E-state index in [9.17, 15) is 0 Å². The molecule has 1 atom stereocenters. The lowest BCUT2D eigenvalue weighted by Gasteiger charge is -2.23. The molecule has 0 saturated carbocycles. The minimum absolute atomic E-state index is 0.0361. The van der Waals surface area contributed by atoms with Crippen molar-refractivity contribution in [3.8, 4) is 0 Å². The number of unbranched alkanes of at least 4 members (excludes halogenated alkanes) is 1. The zero-order valence-electron chi connectivity index (χ0n) is 10.8. The molecule has 0 aliphatic carbocycles. The van der Waals surface area contributed by atoms with E-state index in [-0.39, 0.29) is 12.6 Å². The van der Waals surface area contributed by atoms with Gasteiger partial charge < -0.3 is 15.7 Å². The van der Waals surface area contributed by atoms with E-state index in [2.05, 4.69) is 16.8 Å². The summed E-state index contributed by atoms with van der Waals surface area (Å²) in [5.74, 6) is 0. The van der Waals surface area contributed by atoms with Crippen molar-refractivity contribution in [2.45, 2.75) is 32.7 Å². The predicted molar refractivity (Wildman–Crippen MR) is 71.0 cm³/mol. The van der Waals surface area contributed by atoms with Crippen molar-refractivity contribution in [1.82, 2.24) is 4.98 Å². The third kappa shape index (κ3) is 4.32. The number of aromatic nitrogens is 1. The number of rotatable bonds is 7. The molecule has 1 heterocycles. The molecule has 1 rings (SSSR count). The van der Waals surface area contributed by atoms with E-state index in [1.54, 1.807) is 0 Å². The van der Waals surface area contributed by atoms with E-state index in [1.165, 1.54) is 0 Å². The van der Waals surface area contributed by atoms with Gasteiger partial charge in [0.1, 0.15) is 0 Å². The highest BCUT2D eigenvalue weighted by Gasteiger charge is 2.07. The van der Waals surface area contributed by atoms with Gasteiger partial charge in [-0.05, 0) is 25.5 Å². The van der Waals surface area contributed by atoms with E-state index in [1.807, 2.05) is 25.3 Å². The fourth-order valence-corrected chi connectivity index (χ4v) is 1.69. The molecular weight excluding hydrogens is 214 g/mol. The van der Waals surface area contributed by atoms with E-state index in [4.69, 9.17) is 10.8 Å². The van der Waals surface area contributed by atoms with Crippen LogP contribution in [0.4, 0.5) is 5.69 Å². The summed E-state index contributed by atoms with van der Waals surface area (Å²) in [6.07, 6.45) is 4.10. The van der Waals surface area contributed by atoms with Gasteiger partial charge in [0, 0.05) is 19.1 Å². The Morgan fingerprint density at radius 2 is 2.18 bits per heavy atom. The van der Waals surface area contributed by atoms with Crippen LogP contribution in [-0.4, -0.2) is 29.8 Å². The van der Waals surface area contributed by atoms with Crippen LogP contribution in [0.2, 0.25) is 0 Å². The molecule has 1 aromatic heterocycles. The first kappa shape index (κ1) is 13.9. The highest BCUT2D eigenvalue weighted by Crippen LogP contribution is 2.15. The molecule has 3 N–H and O–H groups in total. The fourth-order valence-electron chi connectivity index (χ4n) is 1.69.